The fraction of sp³-hybridized carbons (Fsp3) is 0.500. The summed E-state index contributed by atoms with van der Waals surface area (Å²) < 4.78 is 0. The number of carbonyl (C=O) groups is 2. The number of ketones is 1. The molecular weight excluding hydrogens is 238 g/mol. The zero-order valence-corrected chi connectivity index (χ0v) is 11.4. The number of Topliss-reactive ketones (excluding diaryl/α,β-unsaturated/α-hetero) is 1. The van der Waals surface area contributed by atoms with Gasteiger partial charge in [-0.25, -0.2) is 0 Å². The number of nitrogens with one attached hydrogen (secondary N) is 1. The van der Waals surface area contributed by atoms with Crippen molar-refractivity contribution in [2.45, 2.75) is 51.5 Å². The van der Waals surface area contributed by atoms with Crippen molar-refractivity contribution in [1.82, 2.24) is 5.32 Å². The van der Waals surface area contributed by atoms with Gasteiger partial charge < -0.3 is 5.32 Å². The van der Waals surface area contributed by atoms with E-state index >= 15 is 0 Å². The van der Waals surface area contributed by atoms with Crippen LogP contribution >= 0.6 is 0 Å². The van der Waals surface area contributed by atoms with E-state index in [1.165, 1.54) is 5.56 Å². The molecule has 1 aliphatic rings. The van der Waals surface area contributed by atoms with Crippen LogP contribution in [-0.4, -0.2) is 17.7 Å². The van der Waals surface area contributed by atoms with Crippen LogP contribution in [-0.2, 0) is 11.2 Å². The second-order valence-corrected chi connectivity index (χ2v) is 5.23. The lowest BCUT2D eigenvalue weighted by Gasteiger charge is -2.11. The van der Waals surface area contributed by atoms with Gasteiger partial charge in [0.15, 0.2) is 0 Å². The molecule has 2 rings (SSSR count). The third-order valence-electron chi connectivity index (χ3n) is 3.65. The molecule has 102 valence electrons. The Morgan fingerprint density at radius 3 is 2.37 bits per heavy atom. The molecule has 1 aromatic rings. The molecule has 0 saturated heterocycles. The lowest BCUT2D eigenvalue weighted by molar-refractivity contribution is -0.117. The molecule has 1 aliphatic carbocycles. The zero-order valence-electron chi connectivity index (χ0n) is 11.4. The minimum absolute atomic E-state index is 0.191. The van der Waals surface area contributed by atoms with Crippen molar-refractivity contribution in [2.75, 3.05) is 0 Å². The highest BCUT2D eigenvalue weighted by Gasteiger charge is 2.22. The Bertz CT molecular complexity index is 444. The van der Waals surface area contributed by atoms with Gasteiger partial charge in [0.2, 0.25) is 5.78 Å². The van der Waals surface area contributed by atoms with E-state index in [0.717, 1.165) is 38.5 Å². The maximum atomic E-state index is 12.0. The number of amides is 1. The smallest absolute Gasteiger partial charge is 0.292 e. The van der Waals surface area contributed by atoms with Gasteiger partial charge in [0.05, 0.1) is 0 Å². The van der Waals surface area contributed by atoms with Gasteiger partial charge in [0.1, 0.15) is 0 Å². The monoisotopic (exact) mass is 259 g/mol. The third kappa shape index (κ3) is 3.66. The summed E-state index contributed by atoms with van der Waals surface area (Å²) in [5.74, 6) is -0.884. The lowest BCUT2D eigenvalue weighted by atomic mass is 10.0. The number of hydrogen-bond acceptors (Lipinski definition) is 2. The average molecular weight is 259 g/mol. The van der Waals surface area contributed by atoms with Gasteiger partial charge in [-0.3, -0.25) is 9.59 Å². The normalized spacial score (nSPS) is 15.4. The van der Waals surface area contributed by atoms with Crippen LogP contribution in [0.2, 0.25) is 0 Å². The van der Waals surface area contributed by atoms with E-state index in [4.69, 9.17) is 0 Å². The average Bonchev–Trinajstić information content (AvgIpc) is 2.92. The molecule has 0 spiro atoms. The van der Waals surface area contributed by atoms with Crippen molar-refractivity contribution >= 4 is 11.7 Å². The molecule has 0 unspecified atom stereocenters. The molecule has 1 saturated carbocycles. The molecule has 1 amide bonds. The fourth-order valence-electron chi connectivity index (χ4n) is 2.56. The summed E-state index contributed by atoms with van der Waals surface area (Å²) in [7, 11) is 0. The van der Waals surface area contributed by atoms with E-state index in [-0.39, 0.29) is 6.04 Å². The molecule has 3 heteroatoms. The predicted molar refractivity (Wildman–Crippen MR) is 75.2 cm³/mol. The maximum absolute atomic E-state index is 12.0. The fourth-order valence-corrected chi connectivity index (χ4v) is 2.56. The highest BCUT2D eigenvalue weighted by Crippen LogP contribution is 2.17. The summed E-state index contributed by atoms with van der Waals surface area (Å²) in [6.45, 7) is 2.12. The maximum Gasteiger partial charge on any atom is 0.292 e. The van der Waals surface area contributed by atoms with Crippen LogP contribution in [0.15, 0.2) is 24.3 Å². The standard InChI is InChI=1S/C16H21NO2/c1-2-5-12-8-10-13(11-9-12)15(18)16(19)17-14-6-3-4-7-14/h8-11,14H,2-7H2,1H3,(H,17,19). The molecular formula is C16H21NO2. The molecule has 0 aromatic heterocycles. The first-order valence-corrected chi connectivity index (χ1v) is 7.15. The summed E-state index contributed by atoms with van der Waals surface area (Å²) in [6, 6.07) is 7.55. The van der Waals surface area contributed by atoms with Crippen LogP contribution in [0.5, 0.6) is 0 Å². The van der Waals surface area contributed by atoms with Crippen molar-refractivity contribution in [1.29, 1.82) is 0 Å². The van der Waals surface area contributed by atoms with Crippen LogP contribution < -0.4 is 5.32 Å². The number of hydrogen-bond donors (Lipinski definition) is 1. The lowest BCUT2D eigenvalue weighted by Crippen LogP contribution is -2.37. The molecule has 0 aliphatic heterocycles. The highest BCUT2D eigenvalue weighted by molar-refractivity contribution is 6.42. The van der Waals surface area contributed by atoms with E-state index in [1.54, 1.807) is 12.1 Å². The summed E-state index contributed by atoms with van der Waals surface area (Å²) in [5.41, 5.74) is 1.69. The summed E-state index contributed by atoms with van der Waals surface area (Å²) >= 11 is 0. The van der Waals surface area contributed by atoms with Crippen LogP contribution in [0.1, 0.15) is 54.9 Å². The molecule has 1 N–H and O–H groups in total. The minimum Gasteiger partial charge on any atom is -0.346 e. The molecule has 0 radical (unpaired) electrons. The Morgan fingerprint density at radius 2 is 1.79 bits per heavy atom. The second-order valence-electron chi connectivity index (χ2n) is 5.23. The number of aryl methyl sites for hydroxylation is 1. The first-order chi connectivity index (χ1) is 9.20. The molecule has 0 bridgehead atoms. The highest BCUT2D eigenvalue weighted by atomic mass is 16.2. The van der Waals surface area contributed by atoms with Gasteiger partial charge >= 0.3 is 0 Å². The SMILES string of the molecule is CCCc1ccc(C(=O)C(=O)NC2CCCC2)cc1. The molecule has 3 nitrogen and oxygen atoms in total. The van der Waals surface area contributed by atoms with Crippen molar-refractivity contribution in [3.63, 3.8) is 0 Å². The Labute approximate surface area is 114 Å². The Morgan fingerprint density at radius 1 is 1.16 bits per heavy atom. The first kappa shape index (κ1) is 13.8. The van der Waals surface area contributed by atoms with Gasteiger partial charge in [-0.1, -0.05) is 50.5 Å². The van der Waals surface area contributed by atoms with E-state index < -0.39 is 11.7 Å². The largest absolute Gasteiger partial charge is 0.346 e. The van der Waals surface area contributed by atoms with E-state index in [1.807, 2.05) is 12.1 Å². The number of benzene rings is 1. The van der Waals surface area contributed by atoms with Gasteiger partial charge in [-0.05, 0) is 24.8 Å². The molecule has 0 atom stereocenters. The van der Waals surface area contributed by atoms with E-state index in [0.29, 0.717) is 5.56 Å². The van der Waals surface area contributed by atoms with Crippen molar-refractivity contribution in [3.8, 4) is 0 Å². The summed E-state index contributed by atoms with van der Waals surface area (Å²) in [6.07, 6.45) is 6.36. The first-order valence-electron chi connectivity index (χ1n) is 7.15. The van der Waals surface area contributed by atoms with Gasteiger partial charge in [-0.2, -0.15) is 0 Å². The summed E-state index contributed by atoms with van der Waals surface area (Å²) in [5, 5.41) is 2.83. The van der Waals surface area contributed by atoms with Crippen LogP contribution in [0.25, 0.3) is 0 Å². The van der Waals surface area contributed by atoms with Gasteiger partial charge in [0.25, 0.3) is 5.91 Å². The minimum atomic E-state index is -0.463. The number of rotatable bonds is 5. The zero-order chi connectivity index (χ0) is 13.7. The van der Waals surface area contributed by atoms with E-state index in [2.05, 4.69) is 12.2 Å². The van der Waals surface area contributed by atoms with Crippen LogP contribution in [0.3, 0.4) is 0 Å². The van der Waals surface area contributed by atoms with Crippen LogP contribution in [0.4, 0.5) is 0 Å². The van der Waals surface area contributed by atoms with Gasteiger partial charge in [-0.15, -0.1) is 0 Å². The van der Waals surface area contributed by atoms with Crippen LogP contribution in [0, 0.1) is 0 Å². The topological polar surface area (TPSA) is 46.2 Å². The Hall–Kier alpha value is -1.64. The van der Waals surface area contributed by atoms with Crippen molar-refractivity contribution in [3.05, 3.63) is 35.4 Å². The molecule has 1 fully saturated rings. The molecule has 0 heterocycles. The van der Waals surface area contributed by atoms with E-state index in [9.17, 15) is 9.59 Å². The molecule has 19 heavy (non-hydrogen) atoms. The Kier molecular flexibility index (Phi) is 4.72. The Balaban J connectivity index is 1.95. The number of carbonyl (C=O) groups excluding carboxylic acids is 2. The molecule has 1 aromatic carbocycles. The quantitative estimate of drug-likeness (QED) is 0.653. The van der Waals surface area contributed by atoms with Gasteiger partial charge in [0, 0.05) is 11.6 Å². The predicted octanol–water partition coefficient (Wildman–Crippen LogP) is 2.88. The van der Waals surface area contributed by atoms with Crippen molar-refractivity contribution < 1.29 is 9.59 Å². The summed E-state index contributed by atoms with van der Waals surface area (Å²) in [4.78, 5) is 23.8. The third-order valence-corrected chi connectivity index (χ3v) is 3.65. The van der Waals surface area contributed by atoms with Crippen molar-refractivity contribution in [2.24, 2.45) is 0 Å². The second kappa shape index (κ2) is 6.50.